The molecule has 1 aliphatic rings. The molecule has 23 heavy (non-hydrogen) atoms. The number of nitrogens with zero attached hydrogens (tertiary/aromatic N) is 1. The molecule has 0 saturated carbocycles. The van der Waals surface area contributed by atoms with Crippen LogP contribution in [0.2, 0.25) is 0 Å². The molecule has 2 N–H and O–H groups in total. The van der Waals surface area contributed by atoms with Crippen molar-refractivity contribution in [3.63, 3.8) is 0 Å². The first-order valence-electron chi connectivity index (χ1n) is 7.97. The number of nitrogen functional groups attached to an aromatic ring is 1. The number of hydrogen-bond acceptors (Lipinski definition) is 3. The smallest absolute Gasteiger partial charge is 0.254 e. The highest BCUT2D eigenvalue weighted by Crippen LogP contribution is 2.27. The Morgan fingerprint density at radius 1 is 1.26 bits per heavy atom. The maximum Gasteiger partial charge on any atom is 0.254 e. The maximum absolute atomic E-state index is 12.8. The molecular weight excluding hydrogens is 288 g/mol. The van der Waals surface area contributed by atoms with Crippen molar-refractivity contribution in [2.24, 2.45) is 0 Å². The van der Waals surface area contributed by atoms with Crippen LogP contribution >= 0.6 is 0 Å². The lowest BCUT2D eigenvalue weighted by atomic mass is 10.0. The molecule has 1 heterocycles. The van der Waals surface area contributed by atoms with Crippen molar-refractivity contribution in [2.75, 3.05) is 19.4 Å². The molecule has 1 fully saturated rings. The van der Waals surface area contributed by atoms with E-state index in [9.17, 15) is 4.79 Å². The number of ether oxygens (including phenoxy) is 1. The molecule has 0 aliphatic carbocycles. The largest absolute Gasteiger partial charge is 0.496 e. The summed E-state index contributed by atoms with van der Waals surface area (Å²) in [4.78, 5) is 14.8. The number of para-hydroxylation sites is 1. The lowest BCUT2D eigenvalue weighted by Gasteiger charge is -2.25. The SMILES string of the molecule is COc1ccccc1C[C@@H]1CCCN1C(=O)c1cccc(N)c1. The lowest BCUT2D eigenvalue weighted by Crippen LogP contribution is -2.36. The number of carbonyl (C=O) groups excluding carboxylic acids is 1. The van der Waals surface area contributed by atoms with Crippen molar-refractivity contribution in [3.05, 3.63) is 59.7 Å². The van der Waals surface area contributed by atoms with Gasteiger partial charge in [-0.1, -0.05) is 24.3 Å². The van der Waals surface area contributed by atoms with E-state index in [1.165, 1.54) is 0 Å². The van der Waals surface area contributed by atoms with E-state index in [0.717, 1.165) is 37.1 Å². The molecule has 0 spiro atoms. The minimum absolute atomic E-state index is 0.0645. The molecule has 120 valence electrons. The maximum atomic E-state index is 12.8. The van der Waals surface area contributed by atoms with E-state index >= 15 is 0 Å². The number of rotatable bonds is 4. The van der Waals surface area contributed by atoms with E-state index in [2.05, 4.69) is 6.07 Å². The highest BCUT2D eigenvalue weighted by Gasteiger charge is 2.30. The van der Waals surface area contributed by atoms with Gasteiger partial charge in [0.15, 0.2) is 0 Å². The van der Waals surface area contributed by atoms with Gasteiger partial charge in [-0.15, -0.1) is 0 Å². The average molecular weight is 310 g/mol. The summed E-state index contributed by atoms with van der Waals surface area (Å²) < 4.78 is 5.43. The normalized spacial score (nSPS) is 17.3. The minimum atomic E-state index is 0.0645. The quantitative estimate of drug-likeness (QED) is 0.883. The zero-order valence-corrected chi connectivity index (χ0v) is 13.4. The molecule has 1 amide bonds. The molecule has 1 atom stereocenters. The van der Waals surface area contributed by atoms with Gasteiger partial charge in [-0.3, -0.25) is 4.79 Å². The highest BCUT2D eigenvalue weighted by atomic mass is 16.5. The summed E-state index contributed by atoms with van der Waals surface area (Å²) in [5.74, 6) is 0.949. The van der Waals surface area contributed by atoms with E-state index < -0.39 is 0 Å². The van der Waals surface area contributed by atoms with Gasteiger partial charge in [-0.25, -0.2) is 0 Å². The Hall–Kier alpha value is -2.49. The Balaban J connectivity index is 1.79. The minimum Gasteiger partial charge on any atom is -0.496 e. The second-order valence-corrected chi connectivity index (χ2v) is 5.94. The van der Waals surface area contributed by atoms with E-state index in [1.54, 1.807) is 19.2 Å². The van der Waals surface area contributed by atoms with Crippen LogP contribution in [-0.4, -0.2) is 30.5 Å². The van der Waals surface area contributed by atoms with Gasteiger partial charge in [-0.05, 0) is 49.1 Å². The Labute approximate surface area is 136 Å². The van der Waals surface area contributed by atoms with E-state index in [0.29, 0.717) is 11.3 Å². The molecule has 0 bridgehead atoms. The highest BCUT2D eigenvalue weighted by molar-refractivity contribution is 5.95. The third-order valence-corrected chi connectivity index (χ3v) is 4.42. The summed E-state index contributed by atoms with van der Waals surface area (Å²) in [5.41, 5.74) is 8.23. The number of carbonyl (C=O) groups is 1. The first-order valence-corrected chi connectivity index (χ1v) is 7.97. The van der Waals surface area contributed by atoms with Gasteiger partial charge < -0.3 is 15.4 Å². The van der Waals surface area contributed by atoms with Crippen LogP contribution < -0.4 is 10.5 Å². The molecule has 3 rings (SSSR count). The van der Waals surface area contributed by atoms with Crippen LogP contribution in [0.1, 0.15) is 28.8 Å². The van der Waals surface area contributed by atoms with E-state index in [1.807, 2.05) is 35.2 Å². The number of hydrogen-bond donors (Lipinski definition) is 1. The Morgan fingerprint density at radius 2 is 2.09 bits per heavy atom. The number of nitrogens with two attached hydrogens (primary N) is 1. The first-order chi connectivity index (χ1) is 11.2. The molecule has 1 saturated heterocycles. The van der Waals surface area contributed by atoms with Gasteiger partial charge in [0.25, 0.3) is 5.91 Å². The van der Waals surface area contributed by atoms with E-state index in [4.69, 9.17) is 10.5 Å². The second kappa shape index (κ2) is 6.73. The second-order valence-electron chi connectivity index (χ2n) is 5.94. The van der Waals surface area contributed by atoms with Crippen LogP contribution in [0.15, 0.2) is 48.5 Å². The van der Waals surface area contributed by atoms with Crippen LogP contribution in [0, 0.1) is 0 Å². The van der Waals surface area contributed by atoms with Crippen LogP contribution in [0.3, 0.4) is 0 Å². The third-order valence-electron chi connectivity index (χ3n) is 4.42. The van der Waals surface area contributed by atoms with Gasteiger partial charge >= 0.3 is 0 Å². The van der Waals surface area contributed by atoms with Crippen LogP contribution in [-0.2, 0) is 6.42 Å². The van der Waals surface area contributed by atoms with Crippen LogP contribution in [0.4, 0.5) is 5.69 Å². The standard InChI is InChI=1S/C19H22N2O2/c1-23-18-10-3-2-6-14(18)13-17-9-5-11-21(17)19(22)15-7-4-8-16(20)12-15/h2-4,6-8,10,12,17H,5,9,11,13,20H2,1H3/t17-/m0/s1. The molecule has 1 aliphatic heterocycles. The topological polar surface area (TPSA) is 55.6 Å². The third kappa shape index (κ3) is 3.31. The van der Waals surface area contributed by atoms with Crippen LogP contribution in [0.25, 0.3) is 0 Å². The number of methoxy groups -OCH3 is 1. The predicted octanol–water partition coefficient (Wildman–Crippen LogP) is 3.12. The molecule has 4 heteroatoms. The van der Waals surface area contributed by atoms with Crippen molar-refractivity contribution < 1.29 is 9.53 Å². The zero-order chi connectivity index (χ0) is 16.2. The van der Waals surface area contributed by atoms with Crippen molar-refractivity contribution in [1.82, 2.24) is 4.90 Å². The summed E-state index contributed by atoms with van der Waals surface area (Å²) >= 11 is 0. The number of likely N-dealkylation sites (tertiary alicyclic amines) is 1. The zero-order valence-electron chi connectivity index (χ0n) is 13.4. The monoisotopic (exact) mass is 310 g/mol. The fourth-order valence-electron chi connectivity index (χ4n) is 3.28. The van der Waals surface area contributed by atoms with Gasteiger partial charge in [-0.2, -0.15) is 0 Å². The van der Waals surface area contributed by atoms with Gasteiger partial charge in [0.1, 0.15) is 5.75 Å². The molecule has 4 nitrogen and oxygen atoms in total. The van der Waals surface area contributed by atoms with Gasteiger partial charge in [0.05, 0.1) is 7.11 Å². The Kier molecular flexibility index (Phi) is 4.51. The first kappa shape index (κ1) is 15.4. The molecule has 0 radical (unpaired) electrons. The van der Waals surface area contributed by atoms with Crippen molar-refractivity contribution in [1.29, 1.82) is 0 Å². The molecule has 0 aromatic heterocycles. The number of anilines is 1. The van der Waals surface area contributed by atoms with Crippen molar-refractivity contribution >= 4 is 11.6 Å². The van der Waals surface area contributed by atoms with Gasteiger partial charge in [0.2, 0.25) is 0 Å². The summed E-state index contributed by atoms with van der Waals surface area (Å²) in [5, 5.41) is 0. The fraction of sp³-hybridized carbons (Fsp3) is 0.316. The summed E-state index contributed by atoms with van der Waals surface area (Å²) in [6.07, 6.45) is 2.87. The van der Waals surface area contributed by atoms with Crippen molar-refractivity contribution in [2.45, 2.75) is 25.3 Å². The summed E-state index contributed by atoms with van der Waals surface area (Å²) in [7, 11) is 1.68. The summed E-state index contributed by atoms with van der Waals surface area (Å²) in [6.45, 7) is 0.799. The average Bonchev–Trinajstić information content (AvgIpc) is 3.03. The van der Waals surface area contributed by atoms with Gasteiger partial charge in [0, 0.05) is 23.8 Å². The molecule has 2 aromatic carbocycles. The fourth-order valence-corrected chi connectivity index (χ4v) is 3.28. The van der Waals surface area contributed by atoms with Crippen LogP contribution in [0.5, 0.6) is 5.75 Å². The summed E-state index contributed by atoms with van der Waals surface area (Å²) in [6, 6.07) is 15.4. The molecule has 2 aromatic rings. The Bertz CT molecular complexity index is 699. The number of amides is 1. The Morgan fingerprint density at radius 3 is 2.87 bits per heavy atom. The molecular formula is C19H22N2O2. The number of benzene rings is 2. The van der Waals surface area contributed by atoms with E-state index in [-0.39, 0.29) is 11.9 Å². The van der Waals surface area contributed by atoms with Crippen molar-refractivity contribution in [3.8, 4) is 5.75 Å². The molecule has 0 unspecified atom stereocenters. The lowest BCUT2D eigenvalue weighted by molar-refractivity contribution is 0.0736. The predicted molar refractivity (Wildman–Crippen MR) is 91.6 cm³/mol.